The third kappa shape index (κ3) is 2.79. The van der Waals surface area contributed by atoms with Gasteiger partial charge >= 0.3 is 0 Å². The number of hydrogen-bond donors (Lipinski definition) is 1. The second kappa shape index (κ2) is 5.79. The van der Waals surface area contributed by atoms with Crippen LogP contribution in [-0.2, 0) is 0 Å². The number of hydrogen-bond acceptors (Lipinski definition) is 4. The van der Waals surface area contributed by atoms with Gasteiger partial charge in [-0.3, -0.25) is 10.1 Å². The molecule has 120 valence electrons. The molecule has 0 unspecified atom stereocenters. The van der Waals surface area contributed by atoms with Gasteiger partial charge in [0.15, 0.2) is 23.2 Å². The van der Waals surface area contributed by atoms with Gasteiger partial charge in [0.2, 0.25) is 0 Å². The minimum atomic E-state index is -1.08. The smallest absolute Gasteiger partial charge is 0.275 e. The highest BCUT2D eigenvalue weighted by Gasteiger charge is 2.26. The van der Waals surface area contributed by atoms with Crippen molar-refractivity contribution >= 4 is 11.4 Å². The number of benzene rings is 2. The molecule has 23 heavy (non-hydrogen) atoms. The molecule has 0 saturated heterocycles. The fourth-order valence-electron chi connectivity index (χ4n) is 2.51. The van der Waals surface area contributed by atoms with Crippen LogP contribution in [0, 0.1) is 27.6 Å². The predicted octanol–water partition coefficient (Wildman–Crippen LogP) is 3.95. The van der Waals surface area contributed by atoms with Gasteiger partial charge < -0.3 is 10.1 Å². The van der Waals surface area contributed by atoms with Crippen molar-refractivity contribution in [3.63, 3.8) is 0 Å². The Morgan fingerprint density at radius 1 is 1.17 bits per heavy atom. The predicted molar refractivity (Wildman–Crippen MR) is 75.9 cm³/mol. The van der Waals surface area contributed by atoms with Crippen LogP contribution in [0.25, 0.3) is 0 Å². The van der Waals surface area contributed by atoms with Crippen LogP contribution in [-0.4, -0.2) is 11.5 Å². The first-order chi connectivity index (χ1) is 11.0. The number of halogens is 3. The van der Waals surface area contributed by atoms with E-state index < -0.39 is 39.8 Å². The summed E-state index contributed by atoms with van der Waals surface area (Å²) in [6.07, 6.45) is 0.367. The molecule has 1 aliphatic rings. The van der Waals surface area contributed by atoms with Crippen LogP contribution in [0.1, 0.15) is 18.0 Å². The Hall–Kier alpha value is -2.77. The molecule has 0 saturated carbocycles. The summed E-state index contributed by atoms with van der Waals surface area (Å²) < 4.78 is 46.9. The van der Waals surface area contributed by atoms with Gasteiger partial charge in [-0.25, -0.2) is 13.2 Å². The molecule has 0 bridgehead atoms. The van der Waals surface area contributed by atoms with Crippen LogP contribution in [0.2, 0.25) is 0 Å². The third-order valence-corrected chi connectivity index (χ3v) is 3.58. The minimum Gasteiger partial charge on any atom is -0.490 e. The summed E-state index contributed by atoms with van der Waals surface area (Å²) in [6, 6.07) is 5.00. The molecule has 0 spiro atoms. The van der Waals surface area contributed by atoms with Crippen molar-refractivity contribution in [1.82, 2.24) is 0 Å². The van der Waals surface area contributed by atoms with Gasteiger partial charge in [-0.05, 0) is 6.07 Å². The first kappa shape index (κ1) is 15.1. The normalized spacial score (nSPS) is 16.4. The Kier molecular flexibility index (Phi) is 3.81. The molecule has 2 aromatic rings. The van der Waals surface area contributed by atoms with Crippen molar-refractivity contribution in [2.45, 2.75) is 12.5 Å². The molecule has 1 aliphatic heterocycles. The van der Waals surface area contributed by atoms with E-state index in [1.807, 2.05) is 0 Å². The van der Waals surface area contributed by atoms with E-state index in [1.165, 1.54) is 12.1 Å². The number of nitrogens with zero attached hydrogens (tertiary/aromatic N) is 1. The fraction of sp³-hybridized carbons (Fsp3) is 0.200. The van der Waals surface area contributed by atoms with Crippen molar-refractivity contribution in [3.8, 4) is 5.75 Å². The van der Waals surface area contributed by atoms with Crippen LogP contribution in [0.15, 0.2) is 30.3 Å². The molecule has 0 aliphatic carbocycles. The first-order valence-electron chi connectivity index (χ1n) is 6.78. The number of para-hydroxylation sites is 1. The summed E-state index contributed by atoms with van der Waals surface area (Å²) in [4.78, 5) is 9.72. The Morgan fingerprint density at radius 2 is 1.87 bits per heavy atom. The first-order valence-corrected chi connectivity index (χ1v) is 6.78. The van der Waals surface area contributed by atoms with Crippen molar-refractivity contribution in [2.75, 3.05) is 11.9 Å². The summed E-state index contributed by atoms with van der Waals surface area (Å²) in [7, 11) is 0. The highest BCUT2D eigenvalue weighted by Crippen LogP contribution is 2.37. The largest absolute Gasteiger partial charge is 0.490 e. The molecular formula is C15H11F3N2O3. The number of anilines is 1. The second-order valence-electron chi connectivity index (χ2n) is 5.03. The van der Waals surface area contributed by atoms with Gasteiger partial charge in [-0.15, -0.1) is 0 Å². The Bertz CT molecular complexity index is 760. The minimum absolute atomic E-state index is 0.0407. The maximum absolute atomic E-state index is 14.0. The van der Waals surface area contributed by atoms with Gasteiger partial charge in [0.25, 0.3) is 5.69 Å². The average molecular weight is 324 g/mol. The van der Waals surface area contributed by atoms with Crippen LogP contribution in [0.4, 0.5) is 24.5 Å². The third-order valence-electron chi connectivity index (χ3n) is 3.58. The van der Waals surface area contributed by atoms with E-state index >= 15 is 0 Å². The van der Waals surface area contributed by atoms with Gasteiger partial charge in [-0.1, -0.05) is 12.1 Å². The fourth-order valence-corrected chi connectivity index (χ4v) is 2.51. The van der Waals surface area contributed by atoms with Gasteiger partial charge in [0.05, 0.1) is 29.7 Å². The summed E-state index contributed by atoms with van der Waals surface area (Å²) >= 11 is 0. The molecular weight excluding hydrogens is 313 g/mol. The van der Waals surface area contributed by atoms with E-state index in [2.05, 4.69) is 5.32 Å². The standard InChI is InChI=1S/C15H11F3N2O3/c16-10-3-1-2-9-13(4-5-23-15(9)10)19-14-11(17)6-8(20(21)22)7-12(14)18/h1-3,6-7,13,19H,4-5H2/t13-/m0/s1. The molecule has 8 heteroatoms. The quantitative estimate of drug-likeness (QED) is 0.686. The molecule has 1 heterocycles. The maximum atomic E-state index is 14.0. The summed E-state index contributed by atoms with van der Waals surface area (Å²) in [5, 5.41) is 13.2. The number of nitro benzene ring substituents is 1. The van der Waals surface area contributed by atoms with Crippen LogP contribution < -0.4 is 10.1 Å². The molecule has 0 fully saturated rings. The maximum Gasteiger partial charge on any atom is 0.275 e. The molecule has 1 atom stereocenters. The van der Waals surface area contributed by atoms with E-state index in [9.17, 15) is 23.3 Å². The van der Waals surface area contributed by atoms with Crippen molar-refractivity contribution in [1.29, 1.82) is 0 Å². The van der Waals surface area contributed by atoms with Crippen LogP contribution in [0.3, 0.4) is 0 Å². The van der Waals surface area contributed by atoms with Crippen LogP contribution >= 0.6 is 0 Å². The Balaban J connectivity index is 1.95. The topological polar surface area (TPSA) is 64.4 Å². The van der Waals surface area contributed by atoms with Crippen molar-refractivity contribution in [2.24, 2.45) is 0 Å². The summed E-state index contributed by atoms with van der Waals surface area (Å²) in [6.45, 7) is 0.182. The molecule has 1 N–H and O–H groups in total. The Morgan fingerprint density at radius 3 is 2.52 bits per heavy atom. The van der Waals surface area contributed by atoms with E-state index in [0.29, 0.717) is 24.1 Å². The monoisotopic (exact) mass is 324 g/mol. The van der Waals surface area contributed by atoms with E-state index in [4.69, 9.17) is 4.74 Å². The zero-order valence-electron chi connectivity index (χ0n) is 11.7. The molecule has 0 amide bonds. The Labute approximate surface area is 128 Å². The van der Waals surface area contributed by atoms with Crippen LogP contribution in [0.5, 0.6) is 5.75 Å². The number of ether oxygens (including phenoxy) is 1. The van der Waals surface area contributed by atoms with Gasteiger partial charge in [-0.2, -0.15) is 0 Å². The van der Waals surface area contributed by atoms with E-state index in [-0.39, 0.29) is 12.4 Å². The number of nitro groups is 1. The average Bonchev–Trinajstić information content (AvgIpc) is 2.51. The highest BCUT2D eigenvalue weighted by molar-refractivity contribution is 5.54. The molecule has 5 nitrogen and oxygen atoms in total. The number of non-ortho nitro benzene ring substituents is 1. The lowest BCUT2D eigenvalue weighted by Crippen LogP contribution is -2.22. The lowest BCUT2D eigenvalue weighted by atomic mass is 10.00. The summed E-state index contributed by atoms with van der Waals surface area (Å²) in [5.41, 5.74) is -0.727. The van der Waals surface area contributed by atoms with Crippen molar-refractivity contribution in [3.05, 3.63) is 63.5 Å². The highest BCUT2D eigenvalue weighted by atomic mass is 19.1. The molecule has 3 rings (SSSR count). The number of fused-ring (bicyclic) bond motifs is 1. The molecule has 2 aromatic carbocycles. The number of nitrogens with one attached hydrogen (secondary N) is 1. The number of rotatable bonds is 3. The van der Waals surface area contributed by atoms with E-state index in [1.54, 1.807) is 6.07 Å². The summed E-state index contributed by atoms with van der Waals surface area (Å²) in [5.74, 6) is -2.68. The molecule has 0 aromatic heterocycles. The zero-order chi connectivity index (χ0) is 16.6. The second-order valence-corrected chi connectivity index (χ2v) is 5.03. The lowest BCUT2D eigenvalue weighted by molar-refractivity contribution is -0.385. The lowest BCUT2D eigenvalue weighted by Gasteiger charge is -2.27. The van der Waals surface area contributed by atoms with Crippen molar-refractivity contribution < 1.29 is 22.8 Å². The molecule has 0 radical (unpaired) electrons. The van der Waals surface area contributed by atoms with Gasteiger partial charge in [0.1, 0.15) is 5.69 Å². The zero-order valence-corrected chi connectivity index (χ0v) is 11.7. The SMILES string of the molecule is O=[N+]([O-])c1cc(F)c(N[C@H]2CCOc3c(F)cccc32)c(F)c1. The van der Waals surface area contributed by atoms with Gasteiger partial charge in [0, 0.05) is 12.0 Å². The van der Waals surface area contributed by atoms with E-state index in [0.717, 1.165) is 0 Å².